The zero-order valence-corrected chi connectivity index (χ0v) is 13.6. The van der Waals surface area contributed by atoms with Gasteiger partial charge in [-0.15, -0.1) is 0 Å². The van der Waals surface area contributed by atoms with Crippen LogP contribution in [0.3, 0.4) is 0 Å². The molecule has 124 valence electrons. The van der Waals surface area contributed by atoms with Gasteiger partial charge in [-0.1, -0.05) is 36.4 Å². The van der Waals surface area contributed by atoms with Gasteiger partial charge in [-0.05, 0) is 36.8 Å². The summed E-state index contributed by atoms with van der Waals surface area (Å²) in [7, 11) is -4.39. The molecule has 0 fully saturated rings. The molecular weight excluding hydrogens is 351 g/mol. The Kier molecular flexibility index (Phi) is 5.97. The third-order valence-electron chi connectivity index (χ3n) is 3.56. The number of hydrogen-bond acceptors (Lipinski definition) is 4. The summed E-state index contributed by atoms with van der Waals surface area (Å²) in [6, 6.07) is 14.9. The number of rotatable bonds is 3. The molecule has 1 aliphatic heterocycles. The number of nitrogens with zero attached hydrogens (tertiary/aromatic N) is 2. The van der Waals surface area contributed by atoms with E-state index in [1.165, 1.54) is 29.3 Å². The van der Waals surface area contributed by atoms with E-state index in [1.54, 1.807) is 37.3 Å². The van der Waals surface area contributed by atoms with Crippen molar-refractivity contribution in [2.75, 3.05) is 5.01 Å². The average Bonchev–Trinajstić information content (AvgIpc) is 2.83. The van der Waals surface area contributed by atoms with Gasteiger partial charge in [0.05, 0.1) is 17.0 Å². The van der Waals surface area contributed by atoms with Crippen LogP contribution in [0.4, 0.5) is 5.69 Å². The van der Waals surface area contributed by atoms with Gasteiger partial charge < -0.3 is 0 Å². The van der Waals surface area contributed by atoms with E-state index in [4.69, 9.17) is 0 Å². The first-order chi connectivity index (χ1) is 11.4. The van der Waals surface area contributed by atoms with E-state index in [-0.39, 0.29) is 51.5 Å². The van der Waals surface area contributed by atoms with Crippen molar-refractivity contribution in [3.63, 3.8) is 0 Å². The van der Waals surface area contributed by atoms with Gasteiger partial charge in [0.25, 0.3) is 16.0 Å². The molecule has 0 saturated heterocycles. The number of hydrazone groups is 1. The zero-order chi connectivity index (χ0) is 17.3. The molecule has 25 heavy (non-hydrogen) atoms. The monoisotopic (exact) mass is 366 g/mol. The quantitative estimate of drug-likeness (QED) is 0.512. The van der Waals surface area contributed by atoms with Crippen LogP contribution in [0.15, 0.2) is 70.2 Å². The van der Waals surface area contributed by atoms with Crippen molar-refractivity contribution >= 4 is 63.1 Å². The second kappa shape index (κ2) is 7.63. The van der Waals surface area contributed by atoms with E-state index in [0.29, 0.717) is 11.4 Å². The second-order valence-electron chi connectivity index (χ2n) is 5.21. The predicted octanol–water partition coefficient (Wildman–Crippen LogP) is 2.09. The van der Waals surface area contributed by atoms with Crippen LogP contribution in [0.1, 0.15) is 12.5 Å². The fourth-order valence-corrected chi connectivity index (χ4v) is 3.09. The Morgan fingerprint density at radius 1 is 1.04 bits per heavy atom. The molecule has 0 aliphatic carbocycles. The maximum absolute atomic E-state index is 12.6. The number of benzene rings is 2. The summed E-state index contributed by atoms with van der Waals surface area (Å²) in [6.07, 6.45) is 1.42. The van der Waals surface area contributed by atoms with E-state index in [0.717, 1.165) is 0 Å². The normalized spacial score (nSPS) is 15.9. The first-order valence-corrected chi connectivity index (χ1v) is 8.55. The van der Waals surface area contributed by atoms with Crippen LogP contribution < -0.4 is 5.01 Å². The molecule has 0 aromatic heterocycles. The molecule has 0 bridgehead atoms. The molecule has 2 aromatic carbocycles. The zero-order valence-electron chi connectivity index (χ0n) is 12.7. The topological polar surface area (TPSA) is 87.0 Å². The standard InChI is InChI=1S/C17H14N2O4S.Na.H/c1-12-15(11-13-7-5-6-10-16(13)24(21,22)23)17(20)19(18-12)14-8-3-2-4-9-14;;/h2-11H,1H3,(H,21,22,23);;. The van der Waals surface area contributed by atoms with Crippen LogP contribution in [0.2, 0.25) is 0 Å². The molecule has 0 radical (unpaired) electrons. The SMILES string of the molecule is CC1=NN(c2ccccc2)C(=O)C1=Cc1ccccc1S(=O)(=O)O.[NaH]. The summed E-state index contributed by atoms with van der Waals surface area (Å²) in [5.74, 6) is -0.358. The molecule has 3 rings (SSSR count). The molecule has 2 aromatic rings. The van der Waals surface area contributed by atoms with Gasteiger partial charge in [0, 0.05) is 0 Å². The number of amides is 1. The summed E-state index contributed by atoms with van der Waals surface area (Å²) >= 11 is 0. The Labute approximate surface area is 167 Å². The molecule has 1 N–H and O–H groups in total. The molecular formula is C17H15N2NaO4S. The molecule has 1 heterocycles. The Bertz CT molecular complexity index is 969. The van der Waals surface area contributed by atoms with Crippen LogP contribution in [-0.2, 0) is 14.9 Å². The summed E-state index contributed by atoms with van der Waals surface area (Å²) in [5.41, 5.74) is 1.59. The Hall–Kier alpha value is -1.77. The maximum atomic E-state index is 12.6. The van der Waals surface area contributed by atoms with Crippen LogP contribution in [-0.4, -0.2) is 54.1 Å². The summed E-state index contributed by atoms with van der Waals surface area (Å²) < 4.78 is 32.3. The van der Waals surface area contributed by atoms with Crippen LogP contribution >= 0.6 is 0 Å². The second-order valence-corrected chi connectivity index (χ2v) is 6.60. The molecule has 6 nitrogen and oxygen atoms in total. The van der Waals surface area contributed by atoms with Crippen molar-refractivity contribution in [3.8, 4) is 0 Å². The Morgan fingerprint density at radius 2 is 1.64 bits per heavy atom. The Balaban J connectivity index is 0.00000225. The fraction of sp³-hybridized carbons (Fsp3) is 0.0588. The number of carbonyl (C=O) groups excluding carboxylic acids is 1. The summed E-state index contributed by atoms with van der Waals surface area (Å²) in [5, 5.41) is 5.49. The average molecular weight is 366 g/mol. The third-order valence-corrected chi connectivity index (χ3v) is 4.49. The van der Waals surface area contributed by atoms with Crippen molar-refractivity contribution in [3.05, 3.63) is 65.7 Å². The number of para-hydroxylation sites is 1. The van der Waals surface area contributed by atoms with Gasteiger partial charge in [0.2, 0.25) is 0 Å². The van der Waals surface area contributed by atoms with Crippen molar-refractivity contribution in [2.45, 2.75) is 11.8 Å². The molecule has 0 saturated carbocycles. The van der Waals surface area contributed by atoms with E-state index < -0.39 is 10.1 Å². The number of hydrogen-bond donors (Lipinski definition) is 1. The van der Waals surface area contributed by atoms with Gasteiger partial charge in [0.15, 0.2) is 0 Å². The van der Waals surface area contributed by atoms with E-state index in [1.807, 2.05) is 6.07 Å². The van der Waals surface area contributed by atoms with Crippen molar-refractivity contribution < 1.29 is 17.8 Å². The van der Waals surface area contributed by atoms with Crippen molar-refractivity contribution in [1.82, 2.24) is 0 Å². The minimum absolute atomic E-state index is 0. The number of anilines is 1. The van der Waals surface area contributed by atoms with Crippen molar-refractivity contribution in [2.24, 2.45) is 5.10 Å². The summed E-state index contributed by atoms with van der Waals surface area (Å²) in [4.78, 5) is 12.4. The van der Waals surface area contributed by atoms with Gasteiger partial charge >= 0.3 is 29.6 Å². The molecule has 1 aliphatic rings. The van der Waals surface area contributed by atoms with Gasteiger partial charge in [0.1, 0.15) is 4.90 Å². The minimum atomic E-state index is -4.39. The third kappa shape index (κ3) is 4.08. The van der Waals surface area contributed by atoms with Gasteiger partial charge in [-0.2, -0.15) is 18.5 Å². The van der Waals surface area contributed by atoms with Crippen LogP contribution in [0, 0.1) is 0 Å². The molecule has 0 unspecified atom stereocenters. The fourth-order valence-electron chi connectivity index (χ4n) is 2.42. The predicted molar refractivity (Wildman–Crippen MR) is 98.4 cm³/mol. The van der Waals surface area contributed by atoms with E-state index in [9.17, 15) is 17.8 Å². The number of carbonyl (C=O) groups is 1. The molecule has 0 atom stereocenters. The first kappa shape index (κ1) is 19.6. The summed E-state index contributed by atoms with van der Waals surface area (Å²) in [6.45, 7) is 1.67. The molecule has 0 spiro atoms. The van der Waals surface area contributed by atoms with Crippen molar-refractivity contribution in [1.29, 1.82) is 0 Å². The van der Waals surface area contributed by atoms with Gasteiger partial charge in [-0.3, -0.25) is 9.35 Å². The van der Waals surface area contributed by atoms with Gasteiger partial charge in [-0.25, -0.2) is 0 Å². The Morgan fingerprint density at radius 3 is 2.28 bits per heavy atom. The molecule has 1 amide bonds. The van der Waals surface area contributed by atoms with Crippen LogP contribution in [0.5, 0.6) is 0 Å². The molecule has 8 heteroatoms. The van der Waals surface area contributed by atoms with Crippen LogP contribution in [0.25, 0.3) is 6.08 Å². The van der Waals surface area contributed by atoms with E-state index in [2.05, 4.69) is 5.10 Å². The van der Waals surface area contributed by atoms with E-state index >= 15 is 0 Å². The first-order valence-electron chi connectivity index (χ1n) is 7.11.